The monoisotopic (exact) mass is 345 g/mol. The number of thiazole rings is 1. The van der Waals surface area contributed by atoms with Gasteiger partial charge in [0.2, 0.25) is 0 Å². The van der Waals surface area contributed by atoms with Gasteiger partial charge in [-0.25, -0.2) is 4.98 Å². The maximum absolute atomic E-state index is 5.58. The Bertz CT molecular complexity index is 677. The second kappa shape index (κ2) is 7.21. The third-order valence-electron chi connectivity index (χ3n) is 4.41. The number of methoxy groups -OCH3 is 1. The average molecular weight is 346 g/mol. The number of piperazine rings is 1. The van der Waals surface area contributed by atoms with Gasteiger partial charge < -0.3 is 10.1 Å². The maximum Gasteiger partial charge on any atom is 0.123 e. The molecule has 1 atom stereocenters. The van der Waals surface area contributed by atoms with Crippen molar-refractivity contribution in [3.8, 4) is 5.75 Å². The molecule has 0 aliphatic carbocycles. The summed E-state index contributed by atoms with van der Waals surface area (Å²) in [6.45, 7) is 10.5. The van der Waals surface area contributed by atoms with Gasteiger partial charge in [0.05, 0.1) is 23.9 Å². The van der Waals surface area contributed by atoms with Gasteiger partial charge >= 0.3 is 0 Å². The lowest BCUT2D eigenvalue weighted by Gasteiger charge is -2.36. The van der Waals surface area contributed by atoms with E-state index in [9.17, 15) is 0 Å². The second-order valence-electron chi connectivity index (χ2n) is 7.33. The Labute approximate surface area is 148 Å². The minimum Gasteiger partial charge on any atom is -0.496 e. The molecule has 1 aromatic heterocycles. The molecular formula is C19H27N3OS. The molecule has 1 unspecified atom stereocenters. The van der Waals surface area contributed by atoms with Gasteiger partial charge in [-0.2, -0.15) is 0 Å². The number of rotatable bonds is 4. The Morgan fingerprint density at radius 3 is 2.83 bits per heavy atom. The summed E-state index contributed by atoms with van der Waals surface area (Å²) in [4.78, 5) is 7.38. The van der Waals surface area contributed by atoms with Crippen LogP contribution in [0.4, 0.5) is 0 Å². The molecule has 0 amide bonds. The van der Waals surface area contributed by atoms with Gasteiger partial charge in [-0.15, -0.1) is 11.3 Å². The zero-order valence-corrected chi connectivity index (χ0v) is 15.8. The fraction of sp³-hybridized carbons (Fsp3) is 0.526. The predicted octanol–water partition coefficient (Wildman–Crippen LogP) is 3.60. The highest BCUT2D eigenvalue weighted by Crippen LogP contribution is 2.32. The van der Waals surface area contributed by atoms with Crippen LogP contribution in [0.3, 0.4) is 0 Å². The van der Waals surface area contributed by atoms with Gasteiger partial charge in [-0.05, 0) is 6.07 Å². The number of benzene rings is 1. The molecule has 4 nitrogen and oxygen atoms in total. The molecule has 1 saturated heterocycles. The zero-order chi connectivity index (χ0) is 17.2. The largest absolute Gasteiger partial charge is 0.496 e. The minimum absolute atomic E-state index is 0.119. The van der Waals surface area contributed by atoms with E-state index in [1.807, 2.05) is 12.1 Å². The van der Waals surface area contributed by atoms with Crippen LogP contribution in [0.25, 0.3) is 0 Å². The van der Waals surface area contributed by atoms with Crippen molar-refractivity contribution in [3.63, 3.8) is 0 Å². The standard InChI is InChI=1S/C19H27N3OS/c1-19(2,3)18-21-14(13-24-18)12-22-10-9-20-11-16(22)15-7-5-6-8-17(15)23-4/h5-8,13,16,20H,9-12H2,1-4H3. The summed E-state index contributed by atoms with van der Waals surface area (Å²) in [5.41, 5.74) is 2.54. The van der Waals surface area contributed by atoms with E-state index in [2.05, 4.69) is 48.5 Å². The van der Waals surface area contributed by atoms with E-state index in [4.69, 9.17) is 9.72 Å². The molecule has 1 N–H and O–H groups in total. The SMILES string of the molecule is COc1ccccc1C1CNCCN1Cc1csc(C(C)(C)C)n1. The van der Waals surface area contributed by atoms with E-state index < -0.39 is 0 Å². The number of hydrogen-bond donors (Lipinski definition) is 1. The van der Waals surface area contributed by atoms with E-state index in [1.54, 1.807) is 18.4 Å². The van der Waals surface area contributed by atoms with Crippen molar-refractivity contribution in [2.45, 2.75) is 38.8 Å². The van der Waals surface area contributed by atoms with Crippen LogP contribution in [0, 0.1) is 0 Å². The lowest BCUT2D eigenvalue weighted by atomic mass is 9.98. The molecule has 1 fully saturated rings. The van der Waals surface area contributed by atoms with Crippen molar-refractivity contribution >= 4 is 11.3 Å². The average Bonchev–Trinajstić information content (AvgIpc) is 3.04. The molecule has 130 valence electrons. The summed E-state index contributed by atoms with van der Waals surface area (Å²) in [6.07, 6.45) is 0. The topological polar surface area (TPSA) is 37.4 Å². The highest BCUT2D eigenvalue weighted by atomic mass is 32.1. The first-order valence-corrected chi connectivity index (χ1v) is 9.39. The first kappa shape index (κ1) is 17.4. The summed E-state index contributed by atoms with van der Waals surface area (Å²) < 4.78 is 5.58. The smallest absolute Gasteiger partial charge is 0.123 e. The lowest BCUT2D eigenvalue weighted by Crippen LogP contribution is -2.45. The van der Waals surface area contributed by atoms with Crippen LogP contribution < -0.4 is 10.1 Å². The minimum atomic E-state index is 0.119. The summed E-state index contributed by atoms with van der Waals surface area (Å²) >= 11 is 1.77. The third-order valence-corrected chi connectivity index (χ3v) is 5.73. The highest BCUT2D eigenvalue weighted by molar-refractivity contribution is 7.09. The van der Waals surface area contributed by atoms with Crippen LogP contribution in [0.2, 0.25) is 0 Å². The summed E-state index contributed by atoms with van der Waals surface area (Å²) in [7, 11) is 1.75. The van der Waals surface area contributed by atoms with Crippen LogP contribution in [-0.2, 0) is 12.0 Å². The lowest BCUT2D eigenvalue weighted by molar-refractivity contribution is 0.149. The first-order chi connectivity index (χ1) is 11.5. The Kier molecular flexibility index (Phi) is 5.23. The molecule has 0 radical (unpaired) electrons. The fourth-order valence-corrected chi connectivity index (χ4v) is 4.01. The van der Waals surface area contributed by atoms with E-state index in [0.29, 0.717) is 6.04 Å². The molecule has 24 heavy (non-hydrogen) atoms. The van der Waals surface area contributed by atoms with Crippen LogP contribution in [0.15, 0.2) is 29.6 Å². The Morgan fingerprint density at radius 1 is 1.33 bits per heavy atom. The van der Waals surface area contributed by atoms with E-state index in [-0.39, 0.29) is 5.41 Å². The van der Waals surface area contributed by atoms with E-state index in [0.717, 1.165) is 31.9 Å². The Morgan fingerprint density at radius 2 is 2.12 bits per heavy atom. The van der Waals surface area contributed by atoms with Crippen LogP contribution in [-0.4, -0.2) is 36.6 Å². The van der Waals surface area contributed by atoms with Gasteiger partial charge in [0, 0.05) is 42.5 Å². The number of nitrogens with zero attached hydrogens (tertiary/aromatic N) is 2. The van der Waals surface area contributed by atoms with Crippen LogP contribution >= 0.6 is 11.3 Å². The van der Waals surface area contributed by atoms with Gasteiger partial charge in [-0.3, -0.25) is 4.90 Å². The van der Waals surface area contributed by atoms with E-state index in [1.165, 1.54) is 16.3 Å². The number of ether oxygens (including phenoxy) is 1. The molecule has 3 rings (SSSR count). The van der Waals surface area contributed by atoms with Gasteiger partial charge in [0.25, 0.3) is 0 Å². The van der Waals surface area contributed by atoms with Crippen molar-refractivity contribution in [2.24, 2.45) is 0 Å². The second-order valence-corrected chi connectivity index (χ2v) is 8.18. The first-order valence-electron chi connectivity index (χ1n) is 8.51. The van der Waals surface area contributed by atoms with Crippen molar-refractivity contribution < 1.29 is 4.74 Å². The van der Waals surface area contributed by atoms with Gasteiger partial charge in [0.15, 0.2) is 0 Å². The van der Waals surface area contributed by atoms with Crippen molar-refractivity contribution in [1.82, 2.24) is 15.2 Å². The van der Waals surface area contributed by atoms with E-state index >= 15 is 0 Å². The summed E-state index contributed by atoms with van der Waals surface area (Å²) in [5, 5.41) is 6.93. The molecular weight excluding hydrogens is 318 g/mol. The normalized spacial score (nSPS) is 19.4. The highest BCUT2D eigenvalue weighted by Gasteiger charge is 2.27. The number of aromatic nitrogens is 1. The molecule has 2 aromatic rings. The molecule has 0 bridgehead atoms. The molecule has 0 spiro atoms. The quantitative estimate of drug-likeness (QED) is 0.919. The van der Waals surface area contributed by atoms with Crippen LogP contribution in [0.5, 0.6) is 5.75 Å². The van der Waals surface area contributed by atoms with Crippen molar-refractivity contribution in [1.29, 1.82) is 0 Å². The Balaban J connectivity index is 1.81. The predicted molar refractivity (Wildman–Crippen MR) is 99.8 cm³/mol. The molecule has 1 aliphatic rings. The zero-order valence-electron chi connectivity index (χ0n) is 15.0. The fourth-order valence-electron chi connectivity index (χ4n) is 3.12. The number of para-hydroxylation sites is 1. The van der Waals surface area contributed by atoms with Crippen LogP contribution in [0.1, 0.15) is 43.1 Å². The molecule has 0 saturated carbocycles. The molecule has 5 heteroatoms. The third kappa shape index (κ3) is 3.79. The molecule has 1 aromatic carbocycles. The van der Waals surface area contributed by atoms with Gasteiger partial charge in [0.1, 0.15) is 5.75 Å². The summed E-state index contributed by atoms with van der Waals surface area (Å²) in [6, 6.07) is 8.65. The van der Waals surface area contributed by atoms with Crippen molar-refractivity contribution in [3.05, 3.63) is 45.9 Å². The van der Waals surface area contributed by atoms with Gasteiger partial charge in [-0.1, -0.05) is 39.0 Å². The number of nitrogens with one attached hydrogen (secondary N) is 1. The molecule has 1 aliphatic heterocycles. The maximum atomic E-state index is 5.58. The molecule has 2 heterocycles. The van der Waals surface area contributed by atoms with Crippen molar-refractivity contribution in [2.75, 3.05) is 26.7 Å². The number of hydrogen-bond acceptors (Lipinski definition) is 5. The Hall–Kier alpha value is -1.43. The summed E-state index contributed by atoms with van der Waals surface area (Å²) in [5.74, 6) is 0.963.